The molecule has 0 radical (unpaired) electrons. The van der Waals surface area contributed by atoms with Gasteiger partial charge in [-0.25, -0.2) is 0 Å². The molecule has 0 aromatic heterocycles. The van der Waals surface area contributed by atoms with Crippen molar-refractivity contribution < 1.29 is 14.3 Å². The van der Waals surface area contributed by atoms with Crippen molar-refractivity contribution >= 4 is 17.5 Å². The Morgan fingerprint density at radius 3 is 2.44 bits per heavy atom. The summed E-state index contributed by atoms with van der Waals surface area (Å²) in [5, 5.41) is 2.77. The molecular formula is C20H30N4O3. The van der Waals surface area contributed by atoms with Crippen LogP contribution < -0.4 is 15.0 Å². The van der Waals surface area contributed by atoms with Crippen LogP contribution >= 0.6 is 0 Å². The van der Waals surface area contributed by atoms with Gasteiger partial charge < -0.3 is 19.9 Å². The van der Waals surface area contributed by atoms with Crippen LogP contribution in [0.2, 0.25) is 0 Å². The van der Waals surface area contributed by atoms with Gasteiger partial charge in [-0.2, -0.15) is 0 Å². The number of ether oxygens (including phenoxy) is 1. The van der Waals surface area contributed by atoms with Crippen molar-refractivity contribution in [2.45, 2.75) is 19.8 Å². The summed E-state index contributed by atoms with van der Waals surface area (Å²) >= 11 is 0. The fourth-order valence-corrected chi connectivity index (χ4v) is 3.65. The number of hydrogen-bond donors (Lipinski definition) is 1. The van der Waals surface area contributed by atoms with Crippen LogP contribution in [0, 0.1) is 0 Å². The minimum absolute atomic E-state index is 0.0261. The Hall–Kier alpha value is -2.28. The van der Waals surface area contributed by atoms with Crippen molar-refractivity contribution in [2.75, 3.05) is 63.9 Å². The maximum absolute atomic E-state index is 12.2. The molecule has 2 amide bonds. The summed E-state index contributed by atoms with van der Waals surface area (Å²) < 4.78 is 5.72. The maximum atomic E-state index is 12.2. The summed E-state index contributed by atoms with van der Waals surface area (Å²) in [6, 6.07) is 8.08. The van der Waals surface area contributed by atoms with E-state index in [9.17, 15) is 9.59 Å². The molecule has 2 aliphatic heterocycles. The molecule has 7 nitrogen and oxygen atoms in total. The fraction of sp³-hybridized carbons (Fsp3) is 0.600. The number of hydrogen-bond acceptors (Lipinski definition) is 5. The third-order valence-corrected chi connectivity index (χ3v) is 5.14. The molecule has 2 heterocycles. The van der Waals surface area contributed by atoms with Crippen LogP contribution in [0.1, 0.15) is 19.8 Å². The second-order valence-electron chi connectivity index (χ2n) is 7.03. The highest BCUT2D eigenvalue weighted by molar-refractivity contribution is 5.85. The molecule has 27 heavy (non-hydrogen) atoms. The number of para-hydroxylation sites is 2. The molecule has 0 saturated carbocycles. The van der Waals surface area contributed by atoms with Crippen molar-refractivity contribution in [3.8, 4) is 5.75 Å². The van der Waals surface area contributed by atoms with Gasteiger partial charge in [0.05, 0.1) is 25.4 Å². The number of piperazine rings is 1. The number of nitrogens with zero attached hydrogens (tertiary/aromatic N) is 3. The van der Waals surface area contributed by atoms with E-state index in [4.69, 9.17) is 4.74 Å². The molecule has 3 rings (SSSR count). The lowest BCUT2D eigenvalue weighted by molar-refractivity contribution is -0.132. The van der Waals surface area contributed by atoms with Crippen LogP contribution in [-0.2, 0) is 9.59 Å². The van der Waals surface area contributed by atoms with E-state index in [-0.39, 0.29) is 18.4 Å². The second-order valence-corrected chi connectivity index (χ2v) is 7.03. The lowest BCUT2D eigenvalue weighted by atomic mass is 10.2. The highest BCUT2D eigenvalue weighted by Crippen LogP contribution is 2.28. The average molecular weight is 374 g/mol. The largest absolute Gasteiger partial charge is 0.492 e. The van der Waals surface area contributed by atoms with E-state index in [0.29, 0.717) is 13.2 Å². The standard InChI is InChI=1S/C20H30N4O3/c1-2-27-18-8-4-3-7-17(18)23-13-11-22(12-14-23)16-19(25)21-15-20(26)24-9-5-6-10-24/h3-4,7-8H,2,5-6,9-16H2,1H3,(H,21,25). The summed E-state index contributed by atoms with van der Waals surface area (Å²) in [5.74, 6) is 0.857. The van der Waals surface area contributed by atoms with Gasteiger partial charge >= 0.3 is 0 Å². The molecule has 1 aromatic carbocycles. The summed E-state index contributed by atoms with van der Waals surface area (Å²) in [5.41, 5.74) is 1.11. The van der Waals surface area contributed by atoms with Crippen LogP contribution in [0.25, 0.3) is 0 Å². The van der Waals surface area contributed by atoms with Gasteiger partial charge in [-0.3, -0.25) is 14.5 Å². The number of benzene rings is 1. The van der Waals surface area contributed by atoms with Crippen molar-refractivity contribution in [3.63, 3.8) is 0 Å². The molecular weight excluding hydrogens is 344 g/mol. The normalized spacial score (nSPS) is 17.8. The Balaban J connectivity index is 1.41. The SMILES string of the molecule is CCOc1ccccc1N1CCN(CC(=O)NCC(=O)N2CCCC2)CC1. The van der Waals surface area contributed by atoms with E-state index < -0.39 is 0 Å². The molecule has 0 spiro atoms. The Bertz CT molecular complexity index is 638. The molecule has 1 aromatic rings. The minimum Gasteiger partial charge on any atom is -0.492 e. The predicted octanol–water partition coefficient (Wildman–Crippen LogP) is 0.946. The maximum Gasteiger partial charge on any atom is 0.241 e. The third kappa shape index (κ3) is 5.35. The zero-order valence-corrected chi connectivity index (χ0v) is 16.2. The van der Waals surface area contributed by atoms with E-state index >= 15 is 0 Å². The number of likely N-dealkylation sites (tertiary alicyclic amines) is 1. The predicted molar refractivity (Wildman–Crippen MR) is 105 cm³/mol. The van der Waals surface area contributed by atoms with Gasteiger partial charge in [-0.05, 0) is 31.9 Å². The van der Waals surface area contributed by atoms with Crippen molar-refractivity contribution in [2.24, 2.45) is 0 Å². The van der Waals surface area contributed by atoms with E-state index in [1.54, 1.807) is 0 Å². The molecule has 0 unspecified atom stereocenters. The molecule has 7 heteroatoms. The monoisotopic (exact) mass is 374 g/mol. The first kappa shape index (κ1) is 19.5. The van der Waals surface area contributed by atoms with Crippen LogP contribution in [0.15, 0.2) is 24.3 Å². The molecule has 0 atom stereocenters. The number of carbonyl (C=O) groups is 2. The third-order valence-electron chi connectivity index (χ3n) is 5.14. The van der Waals surface area contributed by atoms with Gasteiger partial charge in [0.25, 0.3) is 0 Å². The zero-order chi connectivity index (χ0) is 19.1. The smallest absolute Gasteiger partial charge is 0.241 e. The number of rotatable bonds is 7. The summed E-state index contributed by atoms with van der Waals surface area (Å²) in [7, 11) is 0. The van der Waals surface area contributed by atoms with Crippen molar-refractivity contribution in [3.05, 3.63) is 24.3 Å². The summed E-state index contributed by atoms with van der Waals surface area (Å²) in [6.45, 7) is 8.06. The molecule has 2 saturated heterocycles. The Kier molecular flexibility index (Phi) is 6.92. The van der Waals surface area contributed by atoms with Gasteiger partial charge in [-0.1, -0.05) is 12.1 Å². The van der Waals surface area contributed by atoms with Crippen LogP contribution in [0.3, 0.4) is 0 Å². The Morgan fingerprint density at radius 1 is 1.04 bits per heavy atom. The van der Waals surface area contributed by atoms with Gasteiger partial charge in [0, 0.05) is 39.3 Å². The molecule has 1 N–H and O–H groups in total. The molecule has 2 aliphatic rings. The fourth-order valence-electron chi connectivity index (χ4n) is 3.65. The quantitative estimate of drug-likeness (QED) is 0.770. The van der Waals surface area contributed by atoms with Gasteiger partial charge in [0.2, 0.25) is 11.8 Å². The number of anilines is 1. The van der Waals surface area contributed by atoms with Crippen LogP contribution in [-0.4, -0.2) is 80.6 Å². The molecule has 148 valence electrons. The summed E-state index contributed by atoms with van der Waals surface area (Å²) in [6.07, 6.45) is 2.13. The first-order valence-electron chi connectivity index (χ1n) is 9.91. The molecule has 0 bridgehead atoms. The number of nitrogens with one attached hydrogen (secondary N) is 1. The first-order valence-corrected chi connectivity index (χ1v) is 9.91. The highest BCUT2D eigenvalue weighted by Gasteiger charge is 2.22. The van der Waals surface area contributed by atoms with Gasteiger partial charge in [-0.15, -0.1) is 0 Å². The molecule has 2 fully saturated rings. The lowest BCUT2D eigenvalue weighted by Crippen LogP contribution is -2.50. The minimum atomic E-state index is -0.0780. The topological polar surface area (TPSA) is 65.1 Å². The van der Waals surface area contributed by atoms with Crippen LogP contribution in [0.4, 0.5) is 5.69 Å². The number of amides is 2. The van der Waals surface area contributed by atoms with Crippen molar-refractivity contribution in [1.82, 2.24) is 15.1 Å². The van der Waals surface area contributed by atoms with Gasteiger partial charge in [0.15, 0.2) is 0 Å². The Morgan fingerprint density at radius 2 is 1.74 bits per heavy atom. The van der Waals surface area contributed by atoms with Gasteiger partial charge in [0.1, 0.15) is 5.75 Å². The lowest BCUT2D eigenvalue weighted by Gasteiger charge is -2.36. The van der Waals surface area contributed by atoms with Crippen molar-refractivity contribution in [1.29, 1.82) is 0 Å². The zero-order valence-electron chi connectivity index (χ0n) is 16.2. The Labute approximate surface area is 161 Å². The highest BCUT2D eigenvalue weighted by atomic mass is 16.5. The van der Waals surface area contributed by atoms with Crippen LogP contribution in [0.5, 0.6) is 5.75 Å². The van der Waals surface area contributed by atoms with E-state index in [0.717, 1.165) is 63.5 Å². The second kappa shape index (κ2) is 9.60. The van der Waals surface area contributed by atoms with E-state index in [1.807, 2.05) is 30.0 Å². The van der Waals surface area contributed by atoms with E-state index in [1.165, 1.54) is 0 Å². The summed E-state index contributed by atoms with van der Waals surface area (Å²) in [4.78, 5) is 30.4. The number of carbonyl (C=O) groups excluding carboxylic acids is 2. The first-order chi connectivity index (χ1) is 13.2. The average Bonchev–Trinajstić information content (AvgIpc) is 3.22. The van der Waals surface area contributed by atoms with E-state index in [2.05, 4.69) is 21.2 Å². The molecule has 0 aliphatic carbocycles.